The van der Waals surface area contributed by atoms with E-state index >= 15 is 0 Å². The Labute approximate surface area is 115 Å². The molecule has 0 atom stereocenters. The van der Waals surface area contributed by atoms with Crippen molar-refractivity contribution in [3.63, 3.8) is 0 Å². The van der Waals surface area contributed by atoms with Gasteiger partial charge in [-0.2, -0.15) is 0 Å². The van der Waals surface area contributed by atoms with Gasteiger partial charge in [-0.05, 0) is 42.8 Å². The normalized spacial score (nSPS) is 11.1. The molecule has 4 heteroatoms. The van der Waals surface area contributed by atoms with Crippen molar-refractivity contribution in [3.05, 3.63) is 52.0 Å². The van der Waals surface area contributed by atoms with Crippen molar-refractivity contribution < 1.29 is 0 Å². The number of hydrogen-bond donors (Lipinski definition) is 1. The number of aryl methyl sites for hydroxylation is 1. The van der Waals surface area contributed by atoms with Crippen LogP contribution in [-0.4, -0.2) is 9.97 Å². The minimum Gasteiger partial charge on any atom is -0.338 e. The van der Waals surface area contributed by atoms with Crippen LogP contribution in [0.15, 0.2) is 36.4 Å². The summed E-state index contributed by atoms with van der Waals surface area (Å²) in [5.41, 5.74) is 3.82. The Kier molecular flexibility index (Phi) is 2.77. The first-order chi connectivity index (χ1) is 8.63. The number of fused-ring (bicyclic) bond motifs is 1. The zero-order chi connectivity index (χ0) is 12.7. The second kappa shape index (κ2) is 4.30. The number of nitrogens with one attached hydrogen (secondary N) is 1. The first-order valence-corrected chi connectivity index (χ1v) is 6.31. The Bertz CT molecular complexity index is 732. The van der Waals surface area contributed by atoms with E-state index in [0.717, 1.165) is 28.0 Å². The monoisotopic (exact) mass is 276 g/mol. The number of halogens is 2. The van der Waals surface area contributed by atoms with Crippen molar-refractivity contribution in [1.82, 2.24) is 9.97 Å². The quantitative estimate of drug-likeness (QED) is 0.677. The molecule has 90 valence electrons. The van der Waals surface area contributed by atoms with Crippen molar-refractivity contribution in [2.75, 3.05) is 0 Å². The SMILES string of the molecule is Cc1ccc(-c2nc3ccc(Cl)cc3[nH]2)c(Cl)c1. The molecule has 0 saturated heterocycles. The number of H-pyrrole nitrogens is 1. The molecule has 0 fully saturated rings. The molecule has 3 aromatic rings. The molecule has 0 spiro atoms. The summed E-state index contributed by atoms with van der Waals surface area (Å²) in [6.45, 7) is 2.01. The summed E-state index contributed by atoms with van der Waals surface area (Å²) in [4.78, 5) is 7.75. The zero-order valence-corrected chi connectivity index (χ0v) is 11.2. The average molecular weight is 277 g/mol. The lowest BCUT2D eigenvalue weighted by Crippen LogP contribution is -1.83. The first-order valence-electron chi connectivity index (χ1n) is 5.55. The molecule has 0 aliphatic carbocycles. The lowest BCUT2D eigenvalue weighted by Gasteiger charge is -2.01. The topological polar surface area (TPSA) is 28.7 Å². The summed E-state index contributed by atoms with van der Waals surface area (Å²) in [5.74, 6) is 0.761. The minimum atomic E-state index is 0.688. The molecule has 0 aliphatic rings. The van der Waals surface area contributed by atoms with E-state index in [1.54, 1.807) is 0 Å². The number of nitrogens with zero attached hydrogens (tertiary/aromatic N) is 1. The van der Waals surface area contributed by atoms with Crippen LogP contribution in [0, 0.1) is 6.92 Å². The summed E-state index contributed by atoms with van der Waals surface area (Å²) in [7, 11) is 0. The third kappa shape index (κ3) is 1.98. The van der Waals surface area contributed by atoms with Gasteiger partial charge in [-0.25, -0.2) is 4.98 Å². The van der Waals surface area contributed by atoms with Gasteiger partial charge < -0.3 is 4.98 Å². The fraction of sp³-hybridized carbons (Fsp3) is 0.0714. The second-order valence-corrected chi connectivity index (χ2v) is 5.07. The van der Waals surface area contributed by atoms with Gasteiger partial charge in [-0.3, -0.25) is 0 Å². The lowest BCUT2D eigenvalue weighted by molar-refractivity contribution is 1.33. The molecular weight excluding hydrogens is 267 g/mol. The van der Waals surface area contributed by atoms with Gasteiger partial charge in [0.05, 0.1) is 16.1 Å². The van der Waals surface area contributed by atoms with E-state index in [1.165, 1.54) is 0 Å². The van der Waals surface area contributed by atoms with Crippen molar-refractivity contribution >= 4 is 34.2 Å². The van der Waals surface area contributed by atoms with Crippen LogP contribution in [0.2, 0.25) is 10.0 Å². The molecule has 1 N–H and O–H groups in total. The highest BCUT2D eigenvalue weighted by atomic mass is 35.5. The van der Waals surface area contributed by atoms with E-state index in [9.17, 15) is 0 Å². The molecular formula is C14H10Cl2N2. The predicted molar refractivity (Wildman–Crippen MR) is 76.3 cm³/mol. The Hall–Kier alpha value is -1.51. The molecule has 0 amide bonds. The van der Waals surface area contributed by atoms with Gasteiger partial charge in [0.1, 0.15) is 5.82 Å². The Morgan fingerprint density at radius 2 is 1.89 bits per heavy atom. The van der Waals surface area contributed by atoms with Gasteiger partial charge in [0.15, 0.2) is 0 Å². The van der Waals surface area contributed by atoms with Gasteiger partial charge in [-0.1, -0.05) is 29.3 Å². The number of rotatable bonds is 1. The van der Waals surface area contributed by atoms with Crippen LogP contribution in [0.5, 0.6) is 0 Å². The zero-order valence-electron chi connectivity index (χ0n) is 9.67. The van der Waals surface area contributed by atoms with Crippen LogP contribution < -0.4 is 0 Å². The van der Waals surface area contributed by atoms with Crippen molar-refractivity contribution in [2.45, 2.75) is 6.92 Å². The largest absolute Gasteiger partial charge is 0.338 e. The summed E-state index contributed by atoms with van der Waals surface area (Å²) in [5, 5.41) is 1.38. The van der Waals surface area contributed by atoms with Crippen LogP contribution in [0.4, 0.5) is 0 Å². The molecule has 3 rings (SSSR count). The van der Waals surface area contributed by atoms with E-state index in [2.05, 4.69) is 9.97 Å². The molecule has 0 aliphatic heterocycles. The second-order valence-electron chi connectivity index (χ2n) is 4.23. The van der Waals surface area contributed by atoms with E-state index in [1.807, 2.05) is 43.3 Å². The lowest BCUT2D eigenvalue weighted by atomic mass is 10.1. The summed E-state index contributed by atoms with van der Waals surface area (Å²) in [6, 6.07) is 11.5. The maximum absolute atomic E-state index is 6.24. The molecule has 18 heavy (non-hydrogen) atoms. The summed E-state index contributed by atoms with van der Waals surface area (Å²) < 4.78 is 0. The van der Waals surface area contributed by atoms with Crippen molar-refractivity contribution in [1.29, 1.82) is 0 Å². The number of benzene rings is 2. The van der Waals surface area contributed by atoms with Crippen LogP contribution >= 0.6 is 23.2 Å². The fourth-order valence-corrected chi connectivity index (χ4v) is 2.42. The van der Waals surface area contributed by atoms with Crippen LogP contribution in [-0.2, 0) is 0 Å². The van der Waals surface area contributed by atoms with Gasteiger partial charge in [0.2, 0.25) is 0 Å². The van der Waals surface area contributed by atoms with Gasteiger partial charge >= 0.3 is 0 Å². The number of aromatic nitrogens is 2. The third-order valence-corrected chi connectivity index (χ3v) is 3.37. The highest BCUT2D eigenvalue weighted by Gasteiger charge is 2.09. The Morgan fingerprint density at radius 3 is 2.67 bits per heavy atom. The summed E-state index contributed by atoms with van der Waals surface area (Å²) >= 11 is 12.2. The standard InChI is InChI=1S/C14H10Cl2N2/c1-8-2-4-10(11(16)6-8)14-17-12-5-3-9(15)7-13(12)18-14/h2-7H,1H3,(H,17,18). The first kappa shape index (κ1) is 11.6. The molecule has 1 heterocycles. The molecule has 0 radical (unpaired) electrons. The van der Waals surface area contributed by atoms with Crippen molar-refractivity contribution in [2.24, 2.45) is 0 Å². The number of hydrogen-bond acceptors (Lipinski definition) is 1. The van der Waals surface area contributed by atoms with Gasteiger partial charge in [0, 0.05) is 10.6 Å². The Morgan fingerprint density at radius 1 is 1.06 bits per heavy atom. The Balaban J connectivity index is 2.19. The van der Waals surface area contributed by atoms with Crippen molar-refractivity contribution in [3.8, 4) is 11.4 Å². The maximum atomic E-state index is 6.24. The molecule has 1 aromatic heterocycles. The smallest absolute Gasteiger partial charge is 0.139 e. The average Bonchev–Trinajstić information content (AvgIpc) is 2.71. The number of aromatic amines is 1. The number of imidazole rings is 1. The van der Waals surface area contributed by atoms with Gasteiger partial charge in [-0.15, -0.1) is 0 Å². The summed E-state index contributed by atoms with van der Waals surface area (Å²) in [6.07, 6.45) is 0. The van der Waals surface area contributed by atoms with E-state index in [4.69, 9.17) is 23.2 Å². The van der Waals surface area contributed by atoms with E-state index < -0.39 is 0 Å². The van der Waals surface area contributed by atoms with E-state index in [0.29, 0.717) is 10.0 Å². The third-order valence-electron chi connectivity index (χ3n) is 2.82. The molecule has 2 aromatic carbocycles. The molecule has 0 saturated carbocycles. The van der Waals surface area contributed by atoms with E-state index in [-0.39, 0.29) is 0 Å². The fourth-order valence-electron chi connectivity index (χ4n) is 1.92. The van der Waals surface area contributed by atoms with Crippen LogP contribution in [0.25, 0.3) is 22.4 Å². The molecule has 0 bridgehead atoms. The van der Waals surface area contributed by atoms with Gasteiger partial charge in [0.25, 0.3) is 0 Å². The van der Waals surface area contributed by atoms with Crippen LogP contribution in [0.1, 0.15) is 5.56 Å². The maximum Gasteiger partial charge on any atom is 0.139 e. The molecule has 0 unspecified atom stereocenters. The highest BCUT2D eigenvalue weighted by Crippen LogP contribution is 2.28. The minimum absolute atomic E-state index is 0.688. The van der Waals surface area contributed by atoms with Crippen LogP contribution in [0.3, 0.4) is 0 Å². The molecule has 2 nitrogen and oxygen atoms in total. The predicted octanol–water partition coefficient (Wildman–Crippen LogP) is 4.85. The highest BCUT2D eigenvalue weighted by molar-refractivity contribution is 6.33.